The van der Waals surface area contributed by atoms with Crippen molar-refractivity contribution in [2.75, 3.05) is 0 Å². The molecule has 100 valence electrons. The predicted octanol–water partition coefficient (Wildman–Crippen LogP) is -1.97. The number of H-pyrrole nitrogens is 1. The molecular formula is C7H11N4O6P. The molecule has 0 radical (unpaired) electrons. The number of nitrogens with one attached hydrogen (secondary N) is 1. The van der Waals surface area contributed by atoms with Crippen molar-refractivity contribution in [3.63, 3.8) is 0 Å². The number of aromatic nitrogens is 4. The van der Waals surface area contributed by atoms with Crippen LogP contribution < -0.4 is 11.2 Å². The highest BCUT2D eigenvalue weighted by Crippen LogP contribution is 2.25. The highest BCUT2D eigenvalue weighted by atomic mass is 31.2. The van der Waals surface area contributed by atoms with Gasteiger partial charge in [0.15, 0.2) is 5.65 Å². The summed E-state index contributed by atoms with van der Waals surface area (Å²) in [6.45, 7) is 0. The molecule has 18 heavy (non-hydrogen) atoms. The molecule has 0 atom stereocenters. The van der Waals surface area contributed by atoms with Crippen molar-refractivity contribution in [3.05, 3.63) is 27.2 Å². The molecule has 2 aromatic heterocycles. The van der Waals surface area contributed by atoms with Crippen molar-refractivity contribution >= 4 is 19.0 Å². The predicted molar refractivity (Wildman–Crippen MR) is 60.8 cm³/mol. The lowest BCUT2D eigenvalue weighted by Crippen LogP contribution is -2.36. The van der Waals surface area contributed by atoms with Gasteiger partial charge >= 0.3 is 13.5 Å². The van der Waals surface area contributed by atoms with Crippen LogP contribution in [0.1, 0.15) is 0 Å². The van der Waals surface area contributed by atoms with E-state index in [1.165, 1.54) is 17.9 Å². The van der Waals surface area contributed by atoms with Gasteiger partial charge in [-0.2, -0.15) is 0 Å². The summed E-state index contributed by atoms with van der Waals surface area (Å²) in [5.74, 6) is 0. The molecule has 0 unspecified atom stereocenters. The fourth-order valence-corrected chi connectivity index (χ4v) is 1.27. The highest BCUT2D eigenvalue weighted by Gasteiger charge is 2.08. The quantitative estimate of drug-likeness (QED) is 0.408. The van der Waals surface area contributed by atoms with Crippen molar-refractivity contribution < 1.29 is 19.2 Å². The highest BCUT2D eigenvalue weighted by molar-refractivity contribution is 7.45. The van der Waals surface area contributed by atoms with Gasteiger partial charge in [-0.25, -0.2) is 14.3 Å². The van der Waals surface area contributed by atoms with E-state index in [0.717, 1.165) is 4.57 Å². The molecule has 0 aliphatic heterocycles. The number of phosphoric acid groups is 1. The first-order valence-electron chi connectivity index (χ1n) is 4.50. The van der Waals surface area contributed by atoms with E-state index in [-0.39, 0.29) is 11.2 Å². The average molecular weight is 278 g/mol. The second kappa shape index (κ2) is 4.86. The van der Waals surface area contributed by atoms with Gasteiger partial charge in [0.1, 0.15) is 5.52 Å². The normalized spacial score (nSPS) is 11.2. The van der Waals surface area contributed by atoms with Crippen LogP contribution in [0.25, 0.3) is 11.2 Å². The molecule has 0 aromatic carbocycles. The van der Waals surface area contributed by atoms with Crippen LogP contribution in [0.2, 0.25) is 0 Å². The van der Waals surface area contributed by atoms with Crippen LogP contribution in [0, 0.1) is 0 Å². The van der Waals surface area contributed by atoms with Gasteiger partial charge in [-0.15, -0.1) is 0 Å². The Kier molecular flexibility index (Phi) is 3.87. The summed E-state index contributed by atoms with van der Waals surface area (Å²) < 4.78 is 11.3. The van der Waals surface area contributed by atoms with Gasteiger partial charge in [0.25, 0.3) is 5.56 Å². The van der Waals surface area contributed by atoms with Crippen molar-refractivity contribution in [1.82, 2.24) is 19.1 Å². The third kappa shape index (κ3) is 3.14. The Labute approximate surface area is 99.4 Å². The van der Waals surface area contributed by atoms with Crippen LogP contribution in [-0.4, -0.2) is 33.8 Å². The average Bonchev–Trinajstić information content (AvgIpc) is 2.70. The third-order valence-corrected chi connectivity index (χ3v) is 2.03. The van der Waals surface area contributed by atoms with E-state index in [1.54, 1.807) is 7.05 Å². The van der Waals surface area contributed by atoms with E-state index >= 15 is 0 Å². The number of nitrogens with zero attached hydrogens (tertiary/aromatic N) is 3. The van der Waals surface area contributed by atoms with Crippen LogP contribution in [0.15, 0.2) is 15.9 Å². The first-order chi connectivity index (χ1) is 8.13. The van der Waals surface area contributed by atoms with Crippen molar-refractivity contribution in [2.24, 2.45) is 14.1 Å². The Morgan fingerprint density at radius 1 is 1.22 bits per heavy atom. The lowest BCUT2D eigenvalue weighted by molar-refractivity contribution is 0.275. The van der Waals surface area contributed by atoms with Crippen LogP contribution in [0.4, 0.5) is 0 Å². The maximum absolute atomic E-state index is 11.4. The minimum atomic E-state index is -4.64. The molecule has 0 amide bonds. The Morgan fingerprint density at radius 3 is 2.22 bits per heavy atom. The number of rotatable bonds is 0. The molecule has 0 fully saturated rings. The summed E-state index contributed by atoms with van der Waals surface area (Å²) in [4.78, 5) is 50.9. The minimum Gasteiger partial charge on any atom is -0.339 e. The van der Waals surface area contributed by atoms with Crippen LogP contribution >= 0.6 is 7.82 Å². The molecule has 2 aromatic rings. The summed E-state index contributed by atoms with van der Waals surface area (Å²) in [5, 5.41) is 0. The molecule has 0 saturated carbocycles. The number of aryl methyl sites for hydroxylation is 1. The summed E-state index contributed by atoms with van der Waals surface area (Å²) >= 11 is 0. The fourth-order valence-electron chi connectivity index (χ4n) is 1.27. The third-order valence-electron chi connectivity index (χ3n) is 2.03. The maximum atomic E-state index is 11.4. The zero-order valence-corrected chi connectivity index (χ0v) is 10.3. The fraction of sp³-hybridized carbons (Fsp3) is 0.286. The summed E-state index contributed by atoms with van der Waals surface area (Å²) in [6.07, 6.45) is 1.39. The molecule has 10 nitrogen and oxygen atoms in total. The molecule has 0 bridgehead atoms. The Hall–Kier alpha value is -1.74. The number of imidazole rings is 1. The number of aromatic amines is 1. The van der Waals surface area contributed by atoms with Gasteiger partial charge in [0, 0.05) is 14.1 Å². The number of fused-ring (bicyclic) bond motifs is 1. The van der Waals surface area contributed by atoms with Crippen LogP contribution in [0.3, 0.4) is 0 Å². The largest absolute Gasteiger partial charge is 0.466 e. The van der Waals surface area contributed by atoms with Gasteiger partial charge in [0.2, 0.25) is 0 Å². The lowest BCUT2D eigenvalue weighted by atomic mass is 10.5. The summed E-state index contributed by atoms with van der Waals surface area (Å²) in [5.41, 5.74) is 0.0119. The monoisotopic (exact) mass is 278 g/mol. The minimum absolute atomic E-state index is 0.351. The van der Waals surface area contributed by atoms with Crippen LogP contribution in [-0.2, 0) is 18.7 Å². The molecule has 0 spiro atoms. The Bertz CT molecular complexity index is 713. The van der Waals surface area contributed by atoms with E-state index < -0.39 is 7.82 Å². The summed E-state index contributed by atoms with van der Waals surface area (Å²) in [6, 6.07) is 0. The van der Waals surface area contributed by atoms with E-state index in [2.05, 4.69) is 9.97 Å². The molecule has 2 rings (SSSR count). The number of hydrogen-bond donors (Lipinski definition) is 4. The zero-order valence-electron chi connectivity index (χ0n) is 9.43. The first-order valence-corrected chi connectivity index (χ1v) is 6.07. The molecule has 0 aliphatic carbocycles. The molecule has 4 N–H and O–H groups in total. The van der Waals surface area contributed by atoms with Crippen molar-refractivity contribution in [1.29, 1.82) is 0 Å². The van der Waals surface area contributed by atoms with E-state index in [9.17, 15) is 9.59 Å². The van der Waals surface area contributed by atoms with Gasteiger partial charge in [-0.3, -0.25) is 13.9 Å². The molecular weight excluding hydrogens is 267 g/mol. The van der Waals surface area contributed by atoms with Gasteiger partial charge in [-0.1, -0.05) is 0 Å². The van der Waals surface area contributed by atoms with E-state index in [4.69, 9.17) is 19.2 Å². The number of hydrogen-bond acceptors (Lipinski definition) is 4. The SMILES string of the molecule is Cn1c(=O)c2[nH]cnc2n(C)c1=O.O=P(O)(O)O. The Balaban J connectivity index is 0.000000280. The topological polar surface area (TPSA) is 150 Å². The lowest BCUT2D eigenvalue weighted by Gasteiger charge is -2.00. The van der Waals surface area contributed by atoms with Crippen molar-refractivity contribution in [3.8, 4) is 0 Å². The van der Waals surface area contributed by atoms with Crippen LogP contribution in [0.5, 0.6) is 0 Å². The summed E-state index contributed by atoms with van der Waals surface area (Å²) in [7, 11) is -1.63. The maximum Gasteiger partial charge on any atom is 0.466 e. The molecule has 0 aliphatic rings. The van der Waals surface area contributed by atoms with Gasteiger partial charge in [-0.05, 0) is 0 Å². The van der Waals surface area contributed by atoms with Gasteiger partial charge < -0.3 is 19.7 Å². The molecule has 0 saturated heterocycles. The standard InChI is InChI=1S/C7H8N4O2.H3O4P/c1-10-5-4(8-3-9-5)6(12)11(2)7(10)13;1-5(2,3)4/h3H,1-2H3,(H,8,9);(H3,1,2,3,4). The first kappa shape index (κ1) is 14.3. The smallest absolute Gasteiger partial charge is 0.339 e. The second-order valence-corrected chi connectivity index (χ2v) is 4.35. The van der Waals surface area contributed by atoms with Crippen molar-refractivity contribution in [2.45, 2.75) is 0 Å². The van der Waals surface area contributed by atoms with E-state index in [0.29, 0.717) is 11.2 Å². The molecule has 2 heterocycles. The van der Waals surface area contributed by atoms with Gasteiger partial charge in [0.05, 0.1) is 6.33 Å². The Morgan fingerprint density at radius 2 is 1.72 bits per heavy atom. The van der Waals surface area contributed by atoms with E-state index in [1.807, 2.05) is 0 Å². The second-order valence-electron chi connectivity index (χ2n) is 3.32. The molecule has 11 heteroatoms. The zero-order chi connectivity index (χ0) is 14.1.